The molecule has 266 valence electrons. The quantitative estimate of drug-likeness (QED) is 0.175. The lowest BCUT2D eigenvalue weighted by atomic mass is 10.0. The van der Waals surface area contributed by atoms with Gasteiger partial charge in [-0.05, 0) is 71.8 Å². The van der Waals surface area contributed by atoms with Crippen LogP contribution in [0.3, 0.4) is 0 Å². The highest BCUT2D eigenvalue weighted by molar-refractivity contribution is 7.26. The van der Waals surface area contributed by atoms with Gasteiger partial charge in [0.05, 0.1) is 11.0 Å². The summed E-state index contributed by atoms with van der Waals surface area (Å²) < 4.78 is 7.56. The zero-order chi connectivity index (χ0) is 37.5. The van der Waals surface area contributed by atoms with Crippen molar-refractivity contribution in [1.82, 2.24) is 19.5 Å². The second kappa shape index (κ2) is 12.8. The highest BCUT2D eigenvalue weighted by atomic mass is 32.1. The highest BCUT2D eigenvalue weighted by Crippen LogP contribution is 2.43. The lowest BCUT2D eigenvalue weighted by Crippen LogP contribution is -2.00. The van der Waals surface area contributed by atoms with Gasteiger partial charge in [0.1, 0.15) is 0 Å². The van der Waals surface area contributed by atoms with Gasteiger partial charge in [0.25, 0.3) is 0 Å². The number of fused-ring (bicyclic) bond motifs is 9. The molecule has 0 aliphatic carbocycles. The molecule has 0 saturated heterocycles. The molecule has 0 unspecified atom stereocenters. The molecule has 0 spiro atoms. The Bertz CT molecular complexity index is 3470. The van der Waals surface area contributed by atoms with E-state index in [1.165, 1.54) is 73.3 Å². The summed E-state index contributed by atoms with van der Waals surface area (Å²) in [5.74, 6) is 1.98. The van der Waals surface area contributed by atoms with Crippen LogP contribution in [0.4, 0.5) is 0 Å². The number of benzene rings is 8. The van der Waals surface area contributed by atoms with Crippen molar-refractivity contribution in [3.8, 4) is 51.0 Å². The zero-order valence-corrected chi connectivity index (χ0v) is 32.1. The fraction of sp³-hybridized carbons (Fsp3) is 0. The van der Waals surface area contributed by atoms with Crippen LogP contribution in [0.5, 0.6) is 0 Å². The van der Waals surface area contributed by atoms with Crippen molar-refractivity contribution in [2.45, 2.75) is 0 Å². The van der Waals surface area contributed by atoms with Crippen LogP contribution in [-0.2, 0) is 0 Å². The van der Waals surface area contributed by atoms with E-state index in [9.17, 15) is 0 Å². The number of para-hydroxylation sites is 1. The summed E-state index contributed by atoms with van der Waals surface area (Å²) in [5.41, 5.74) is 8.91. The maximum Gasteiger partial charge on any atom is 0.164 e. The zero-order valence-electron chi connectivity index (χ0n) is 30.4. The SMILES string of the molecule is c1ccc(-c2nc(-c3ccccc3)nc(-c3ccc4sc5ccc(-n6c7ccccc7c7cc(-c8cccc9c8sc8ccccc89)ccc76)cc5c4c3)n2)cc1. The van der Waals surface area contributed by atoms with Crippen molar-refractivity contribution in [1.29, 1.82) is 0 Å². The van der Waals surface area contributed by atoms with Crippen LogP contribution in [0.25, 0.3) is 113 Å². The van der Waals surface area contributed by atoms with Gasteiger partial charge < -0.3 is 4.57 Å². The van der Waals surface area contributed by atoms with E-state index in [0.717, 1.165) is 22.4 Å². The molecule has 4 nitrogen and oxygen atoms in total. The molecule has 8 aromatic carbocycles. The number of hydrogen-bond donors (Lipinski definition) is 0. The number of hydrogen-bond acceptors (Lipinski definition) is 5. The monoisotopic (exact) mass is 762 g/mol. The first-order valence-electron chi connectivity index (χ1n) is 19.0. The van der Waals surface area contributed by atoms with Crippen molar-refractivity contribution in [2.24, 2.45) is 0 Å². The minimum Gasteiger partial charge on any atom is -0.309 e. The normalized spacial score (nSPS) is 11.9. The van der Waals surface area contributed by atoms with Crippen LogP contribution in [0, 0.1) is 0 Å². The maximum absolute atomic E-state index is 5.03. The van der Waals surface area contributed by atoms with E-state index in [1.807, 2.05) is 83.3 Å². The summed E-state index contributed by atoms with van der Waals surface area (Å²) in [6.07, 6.45) is 0. The summed E-state index contributed by atoms with van der Waals surface area (Å²) in [4.78, 5) is 15.0. The molecule has 0 aliphatic heterocycles. The molecule has 57 heavy (non-hydrogen) atoms. The molecule has 0 saturated carbocycles. The molecule has 0 bridgehead atoms. The van der Waals surface area contributed by atoms with Crippen LogP contribution in [0.15, 0.2) is 182 Å². The van der Waals surface area contributed by atoms with Crippen molar-refractivity contribution in [3.05, 3.63) is 182 Å². The minimum atomic E-state index is 0.657. The Morgan fingerprint density at radius 1 is 0.333 bits per heavy atom. The molecule has 12 aromatic rings. The summed E-state index contributed by atoms with van der Waals surface area (Å²) >= 11 is 3.70. The van der Waals surface area contributed by atoms with E-state index >= 15 is 0 Å². The van der Waals surface area contributed by atoms with Crippen LogP contribution >= 0.6 is 22.7 Å². The molecular formula is C51H30N4S2. The summed E-state index contributed by atoms with van der Waals surface area (Å²) in [5, 5.41) is 7.54. The molecule has 6 heteroatoms. The number of thiophene rings is 2. The Morgan fingerprint density at radius 2 is 0.895 bits per heavy atom. The average molecular weight is 763 g/mol. The second-order valence-corrected chi connectivity index (χ2v) is 16.5. The molecule has 0 atom stereocenters. The molecular weight excluding hydrogens is 733 g/mol. The fourth-order valence-corrected chi connectivity index (χ4v) is 10.7. The van der Waals surface area contributed by atoms with E-state index in [0.29, 0.717) is 17.5 Å². The van der Waals surface area contributed by atoms with E-state index in [2.05, 4.69) is 126 Å². The van der Waals surface area contributed by atoms with Gasteiger partial charge in [0.15, 0.2) is 17.5 Å². The third-order valence-electron chi connectivity index (χ3n) is 11.1. The van der Waals surface area contributed by atoms with Crippen LogP contribution in [-0.4, -0.2) is 19.5 Å². The minimum absolute atomic E-state index is 0.657. The average Bonchev–Trinajstić information content (AvgIpc) is 3.95. The Kier molecular flexibility index (Phi) is 7.24. The Balaban J connectivity index is 1.01. The van der Waals surface area contributed by atoms with Gasteiger partial charge in [-0.25, -0.2) is 15.0 Å². The first kappa shape index (κ1) is 32.3. The first-order valence-corrected chi connectivity index (χ1v) is 20.6. The lowest BCUT2D eigenvalue weighted by Gasteiger charge is -2.10. The number of rotatable bonds is 5. The van der Waals surface area contributed by atoms with Gasteiger partial charge in [0.2, 0.25) is 0 Å². The molecule has 12 rings (SSSR count). The molecule has 0 N–H and O–H groups in total. The molecule has 0 fully saturated rings. The number of aromatic nitrogens is 4. The van der Waals surface area contributed by atoms with E-state index in [1.54, 1.807) is 0 Å². The van der Waals surface area contributed by atoms with E-state index in [-0.39, 0.29) is 0 Å². The van der Waals surface area contributed by atoms with Gasteiger partial charge in [0, 0.05) is 73.5 Å². The van der Waals surface area contributed by atoms with Crippen molar-refractivity contribution in [2.75, 3.05) is 0 Å². The Labute approximate surface area is 335 Å². The first-order chi connectivity index (χ1) is 28.2. The molecule has 0 amide bonds. The smallest absolute Gasteiger partial charge is 0.164 e. The predicted molar refractivity (Wildman–Crippen MR) is 242 cm³/mol. The topological polar surface area (TPSA) is 43.6 Å². The van der Waals surface area contributed by atoms with Crippen LogP contribution in [0.1, 0.15) is 0 Å². The molecule has 0 aliphatic rings. The second-order valence-electron chi connectivity index (χ2n) is 14.4. The maximum atomic E-state index is 5.03. The number of nitrogens with zero attached hydrogens (tertiary/aromatic N) is 4. The van der Waals surface area contributed by atoms with Crippen LogP contribution < -0.4 is 0 Å². The summed E-state index contributed by atoms with van der Waals surface area (Å²) in [7, 11) is 0. The van der Waals surface area contributed by atoms with Gasteiger partial charge in [-0.15, -0.1) is 22.7 Å². The fourth-order valence-electron chi connectivity index (χ4n) is 8.37. The summed E-state index contributed by atoms with van der Waals surface area (Å²) in [6, 6.07) is 65.0. The third-order valence-corrected chi connectivity index (χ3v) is 13.4. The van der Waals surface area contributed by atoms with Crippen molar-refractivity contribution in [3.63, 3.8) is 0 Å². The van der Waals surface area contributed by atoms with Gasteiger partial charge >= 0.3 is 0 Å². The molecule has 4 heterocycles. The Hall–Kier alpha value is -6.99. The van der Waals surface area contributed by atoms with E-state index < -0.39 is 0 Å². The van der Waals surface area contributed by atoms with Crippen LogP contribution in [0.2, 0.25) is 0 Å². The van der Waals surface area contributed by atoms with E-state index in [4.69, 9.17) is 15.0 Å². The Morgan fingerprint density at radius 3 is 1.67 bits per heavy atom. The predicted octanol–water partition coefficient (Wildman–Crippen LogP) is 14.4. The largest absolute Gasteiger partial charge is 0.309 e. The standard InChI is InChI=1S/C51H30N4S2/c1-3-12-31(13-4-1)49-52-50(32-14-5-2-6-15-32)54-51(53-49)34-23-26-46-41(29-34)42-30-35(24-27-47(42)56-46)55-43-20-9-7-16-37(43)40-28-33(22-25-44(40)55)36-18-11-19-39-38-17-8-10-21-45(38)57-48(36)39/h1-30H. The lowest BCUT2D eigenvalue weighted by molar-refractivity contribution is 1.07. The van der Waals surface area contributed by atoms with Gasteiger partial charge in [-0.2, -0.15) is 0 Å². The third kappa shape index (κ3) is 5.22. The van der Waals surface area contributed by atoms with Crippen molar-refractivity contribution >= 4 is 84.8 Å². The van der Waals surface area contributed by atoms with Gasteiger partial charge in [-0.3, -0.25) is 0 Å². The van der Waals surface area contributed by atoms with Crippen molar-refractivity contribution < 1.29 is 0 Å². The highest BCUT2D eigenvalue weighted by Gasteiger charge is 2.18. The van der Waals surface area contributed by atoms with Gasteiger partial charge in [-0.1, -0.05) is 121 Å². The summed E-state index contributed by atoms with van der Waals surface area (Å²) in [6.45, 7) is 0. The molecule has 4 aromatic heterocycles. The molecule has 0 radical (unpaired) electrons.